The molecule has 1 saturated carbocycles. The van der Waals surface area contributed by atoms with Crippen molar-refractivity contribution in [3.63, 3.8) is 0 Å². The van der Waals surface area contributed by atoms with Gasteiger partial charge in [0, 0.05) is 10.6 Å². The van der Waals surface area contributed by atoms with E-state index in [1.54, 1.807) is 24.3 Å². The number of amides is 2. The normalized spacial score (nSPS) is 23.8. The lowest BCUT2D eigenvalue weighted by Gasteiger charge is -2.19. The number of esters is 1. The van der Waals surface area contributed by atoms with Gasteiger partial charge in [-0.1, -0.05) is 42.6 Å². The molecule has 122 valence electrons. The molecule has 2 unspecified atom stereocenters. The highest BCUT2D eigenvalue weighted by Crippen LogP contribution is 2.37. The van der Waals surface area contributed by atoms with Gasteiger partial charge in [-0.15, -0.1) is 0 Å². The fourth-order valence-corrected chi connectivity index (χ4v) is 3.53. The molecule has 2 amide bonds. The molecule has 2 aliphatic rings. The third kappa shape index (κ3) is 3.24. The second-order valence-electron chi connectivity index (χ2n) is 6.01. The van der Waals surface area contributed by atoms with E-state index in [9.17, 15) is 14.4 Å². The zero-order chi connectivity index (χ0) is 16.4. The smallest absolute Gasteiger partial charge is 0.326 e. The van der Waals surface area contributed by atoms with Crippen molar-refractivity contribution in [1.29, 1.82) is 0 Å². The molecule has 0 N–H and O–H groups in total. The number of hydrogen-bond acceptors (Lipinski definition) is 4. The van der Waals surface area contributed by atoms with Crippen LogP contribution in [0.3, 0.4) is 0 Å². The lowest BCUT2D eigenvalue weighted by atomic mass is 9.81. The number of carbonyl (C=O) groups is 3. The van der Waals surface area contributed by atoms with Crippen molar-refractivity contribution >= 4 is 29.4 Å². The largest absolute Gasteiger partial charge is 0.459 e. The van der Waals surface area contributed by atoms with E-state index < -0.39 is 5.97 Å². The Morgan fingerprint density at radius 2 is 1.74 bits per heavy atom. The third-order valence-electron chi connectivity index (χ3n) is 4.57. The summed E-state index contributed by atoms with van der Waals surface area (Å²) in [6.07, 6.45) is 3.40. The van der Waals surface area contributed by atoms with E-state index >= 15 is 0 Å². The van der Waals surface area contributed by atoms with E-state index in [0.29, 0.717) is 10.6 Å². The van der Waals surface area contributed by atoms with Gasteiger partial charge in [-0.05, 0) is 18.9 Å². The minimum Gasteiger partial charge on any atom is -0.459 e. The lowest BCUT2D eigenvalue weighted by molar-refractivity contribution is -0.153. The summed E-state index contributed by atoms with van der Waals surface area (Å²) in [4.78, 5) is 37.6. The minimum absolute atomic E-state index is 0.0293. The summed E-state index contributed by atoms with van der Waals surface area (Å²) in [5, 5.41) is 0.514. The van der Waals surface area contributed by atoms with Crippen LogP contribution in [0.4, 0.5) is 0 Å². The predicted molar refractivity (Wildman–Crippen MR) is 83.4 cm³/mol. The lowest BCUT2D eigenvalue weighted by Crippen LogP contribution is -2.36. The second kappa shape index (κ2) is 6.71. The van der Waals surface area contributed by atoms with E-state index in [2.05, 4.69) is 0 Å². The van der Waals surface area contributed by atoms with E-state index in [1.165, 1.54) is 0 Å². The number of hydrogen-bond donors (Lipinski definition) is 0. The highest BCUT2D eigenvalue weighted by Gasteiger charge is 2.48. The molecular weight excluding hydrogens is 318 g/mol. The van der Waals surface area contributed by atoms with Gasteiger partial charge in [-0.3, -0.25) is 19.3 Å². The molecule has 0 bridgehead atoms. The molecule has 6 heteroatoms. The quantitative estimate of drug-likeness (QED) is 0.626. The van der Waals surface area contributed by atoms with E-state index in [0.717, 1.165) is 30.6 Å². The second-order valence-corrected chi connectivity index (χ2v) is 6.42. The fraction of sp³-hybridized carbons (Fsp3) is 0.471. The van der Waals surface area contributed by atoms with Crippen LogP contribution in [-0.4, -0.2) is 29.2 Å². The maximum absolute atomic E-state index is 12.3. The standard InChI is InChI=1S/C17H18ClNO4/c18-14-8-4-1-5-11(14)10-23-15(20)9-19-16(21)12-6-2-3-7-13(12)17(19)22/h1,4-5,8,12-13H,2-3,6-7,9-10H2. The Hall–Kier alpha value is -1.88. The number of rotatable bonds is 4. The van der Waals surface area contributed by atoms with Gasteiger partial charge in [-0.2, -0.15) is 0 Å². The maximum atomic E-state index is 12.3. The van der Waals surface area contributed by atoms with Crippen molar-refractivity contribution in [3.8, 4) is 0 Å². The third-order valence-corrected chi connectivity index (χ3v) is 4.93. The van der Waals surface area contributed by atoms with Gasteiger partial charge in [0.25, 0.3) is 0 Å². The Kier molecular flexibility index (Phi) is 4.66. The van der Waals surface area contributed by atoms with Crippen molar-refractivity contribution in [1.82, 2.24) is 4.90 Å². The van der Waals surface area contributed by atoms with Crippen LogP contribution in [0.1, 0.15) is 31.2 Å². The molecule has 0 aromatic heterocycles. The molecule has 1 aromatic carbocycles. The number of fused-ring (bicyclic) bond motifs is 1. The summed E-state index contributed by atoms with van der Waals surface area (Å²) in [6, 6.07) is 7.06. The number of carbonyl (C=O) groups excluding carboxylic acids is 3. The molecule has 1 aliphatic heterocycles. The average molecular weight is 336 g/mol. The molecule has 23 heavy (non-hydrogen) atoms. The summed E-state index contributed by atoms with van der Waals surface area (Å²) in [6.45, 7) is -0.281. The molecule has 1 aromatic rings. The van der Waals surface area contributed by atoms with Gasteiger partial charge in [0.2, 0.25) is 11.8 Å². The average Bonchev–Trinajstić information content (AvgIpc) is 2.80. The van der Waals surface area contributed by atoms with Crippen LogP contribution in [0.5, 0.6) is 0 Å². The zero-order valence-electron chi connectivity index (χ0n) is 12.7. The highest BCUT2D eigenvalue weighted by atomic mass is 35.5. The van der Waals surface area contributed by atoms with Crippen LogP contribution < -0.4 is 0 Å². The number of benzene rings is 1. The summed E-state index contributed by atoms with van der Waals surface area (Å²) in [7, 11) is 0. The summed E-state index contributed by atoms with van der Waals surface area (Å²) >= 11 is 6.00. The highest BCUT2D eigenvalue weighted by molar-refractivity contribution is 6.31. The number of imide groups is 1. The predicted octanol–water partition coefficient (Wildman–Crippen LogP) is 2.56. The van der Waals surface area contributed by atoms with Crippen molar-refractivity contribution in [2.75, 3.05) is 6.54 Å². The van der Waals surface area contributed by atoms with E-state index in [1.807, 2.05) is 0 Å². The first-order valence-corrected chi connectivity index (χ1v) is 8.20. The first-order valence-electron chi connectivity index (χ1n) is 7.82. The Bertz CT molecular complexity index is 621. The first kappa shape index (κ1) is 16.0. The molecular formula is C17H18ClNO4. The topological polar surface area (TPSA) is 63.7 Å². The molecule has 1 saturated heterocycles. The molecule has 3 rings (SSSR count). The summed E-state index contributed by atoms with van der Waals surface area (Å²) in [5.74, 6) is -1.53. The van der Waals surface area contributed by atoms with Crippen LogP contribution in [0.15, 0.2) is 24.3 Å². The first-order chi connectivity index (χ1) is 11.1. The van der Waals surface area contributed by atoms with Gasteiger partial charge in [-0.25, -0.2) is 0 Å². The van der Waals surface area contributed by atoms with Crippen LogP contribution in [0, 0.1) is 11.8 Å². The fourth-order valence-electron chi connectivity index (χ4n) is 3.34. The Balaban J connectivity index is 1.58. The Morgan fingerprint density at radius 3 is 2.35 bits per heavy atom. The van der Waals surface area contributed by atoms with Crippen molar-refractivity contribution in [2.24, 2.45) is 11.8 Å². The van der Waals surface area contributed by atoms with E-state index in [4.69, 9.17) is 16.3 Å². The summed E-state index contributed by atoms with van der Waals surface area (Å²) in [5.41, 5.74) is 0.690. The van der Waals surface area contributed by atoms with Crippen molar-refractivity contribution < 1.29 is 19.1 Å². The van der Waals surface area contributed by atoms with Gasteiger partial charge in [0.1, 0.15) is 13.2 Å². The number of halogens is 1. The SMILES string of the molecule is O=C(CN1C(=O)C2CCCCC2C1=O)OCc1ccccc1Cl. The molecule has 2 fully saturated rings. The number of likely N-dealkylation sites (tertiary alicyclic amines) is 1. The van der Waals surface area contributed by atoms with Crippen molar-refractivity contribution in [3.05, 3.63) is 34.9 Å². The van der Waals surface area contributed by atoms with Crippen molar-refractivity contribution in [2.45, 2.75) is 32.3 Å². The van der Waals surface area contributed by atoms with Crippen LogP contribution in [0.2, 0.25) is 5.02 Å². The van der Waals surface area contributed by atoms with Gasteiger partial charge >= 0.3 is 5.97 Å². The zero-order valence-corrected chi connectivity index (χ0v) is 13.4. The van der Waals surface area contributed by atoms with Gasteiger partial charge < -0.3 is 4.74 Å². The van der Waals surface area contributed by atoms with Gasteiger partial charge in [0.05, 0.1) is 11.8 Å². The maximum Gasteiger partial charge on any atom is 0.326 e. The summed E-state index contributed by atoms with van der Waals surface area (Å²) < 4.78 is 5.15. The molecule has 0 spiro atoms. The Labute approximate surface area is 139 Å². The molecule has 0 radical (unpaired) electrons. The molecule has 1 heterocycles. The van der Waals surface area contributed by atoms with Crippen LogP contribution in [0.25, 0.3) is 0 Å². The minimum atomic E-state index is -0.592. The van der Waals surface area contributed by atoms with Gasteiger partial charge in [0.15, 0.2) is 0 Å². The van der Waals surface area contributed by atoms with Crippen LogP contribution >= 0.6 is 11.6 Å². The van der Waals surface area contributed by atoms with E-state index in [-0.39, 0.29) is 36.8 Å². The number of nitrogens with zero attached hydrogens (tertiary/aromatic N) is 1. The molecule has 2 atom stereocenters. The molecule has 5 nitrogen and oxygen atoms in total. The molecule has 1 aliphatic carbocycles. The Morgan fingerprint density at radius 1 is 1.13 bits per heavy atom. The number of ether oxygens (including phenoxy) is 1. The monoisotopic (exact) mass is 335 g/mol. The van der Waals surface area contributed by atoms with Crippen LogP contribution in [-0.2, 0) is 25.7 Å².